The van der Waals surface area contributed by atoms with E-state index in [1.165, 1.54) is 0 Å². The highest BCUT2D eigenvalue weighted by Crippen LogP contribution is 2.30. The molecular weight excluding hydrogens is 380 g/mol. The molecule has 0 saturated carbocycles. The Morgan fingerprint density at radius 2 is 1.64 bits per heavy atom. The first-order valence-electron chi connectivity index (χ1n) is 9.20. The van der Waals surface area contributed by atoms with Crippen LogP contribution in [0.2, 0.25) is 0 Å². The number of hydrogen-bond donors (Lipinski definition) is 1. The van der Waals surface area contributed by atoms with Gasteiger partial charge in [-0.1, -0.05) is 18.2 Å². The molecule has 1 aliphatic heterocycles. The van der Waals surface area contributed by atoms with Crippen molar-refractivity contribution in [2.45, 2.75) is 33.1 Å². The highest BCUT2D eigenvalue weighted by Gasteiger charge is 2.35. The van der Waals surface area contributed by atoms with Crippen molar-refractivity contribution in [1.29, 1.82) is 0 Å². The molecule has 0 aromatic heterocycles. The van der Waals surface area contributed by atoms with Gasteiger partial charge in [0.05, 0.1) is 24.3 Å². The molecular formula is C21H25ClN2O4. The molecule has 2 N–H and O–H groups in total. The predicted molar refractivity (Wildman–Crippen MR) is 109 cm³/mol. The number of carbonyl (C=O) groups excluding carboxylic acids is 2. The Labute approximate surface area is 171 Å². The molecule has 2 aromatic carbocycles. The van der Waals surface area contributed by atoms with E-state index >= 15 is 0 Å². The van der Waals surface area contributed by atoms with E-state index in [0.29, 0.717) is 35.8 Å². The highest BCUT2D eigenvalue weighted by molar-refractivity contribution is 6.21. The maximum absolute atomic E-state index is 12.2. The van der Waals surface area contributed by atoms with E-state index in [4.69, 9.17) is 15.3 Å². The second-order valence-corrected chi connectivity index (χ2v) is 6.32. The van der Waals surface area contributed by atoms with E-state index in [9.17, 15) is 9.59 Å². The van der Waals surface area contributed by atoms with E-state index in [1.54, 1.807) is 12.1 Å². The van der Waals surface area contributed by atoms with Gasteiger partial charge in [-0.15, -0.1) is 12.4 Å². The molecule has 150 valence electrons. The number of benzene rings is 2. The monoisotopic (exact) mass is 404 g/mol. The van der Waals surface area contributed by atoms with Gasteiger partial charge in [-0.3, -0.25) is 9.59 Å². The average Bonchev–Trinajstić information content (AvgIpc) is 2.89. The first-order valence-corrected chi connectivity index (χ1v) is 9.20. The molecule has 7 heteroatoms. The smallest absolute Gasteiger partial charge is 0.276 e. The second kappa shape index (κ2) is 9.57. The minimum Gasteiger partial charge on any atom is -0.490 e. The summed E-state index contributed by atoms with van der Waals surface area (Å²) in [4.78, 5) is 24.2. The van der Waals surface area contributed by atoms with Crippen molar-refractivity contribution in [3.8, 4) is 11.5 Å². The summed E-state index contributed by atoms with van der Waals surface area (Å²) in [5.74, 6) is 6.18. The Balaban J connectivity index is 0.00000280. The maximum Gasteiger partial charge on any atom is 0.276 e. The Hall–Kier alpha value is -2.57. The molecule has 2 aromatic rings. The van der Waals surface area contributed by atoms with E-state index in [2.05, 4.69) is 0 Å². The third kappa shape index (κ3) is 4.29. The van der Waals surface area contributed by atoms with Gasteiger partial charge >= 0.3 is 0 Å². The quantitative estimate of drug-likeness (QED) is 0.413. The number of fused-ring (bicyclic) bond motifs is 1. The zero-order valence-corrected chi connectivity index (χ0v) is 16.9. The van der Waals surface area contributed by atoms with Crippen molar-refractivity contribution in [2.24, 2.45) is 5.84 Å². The van der Waals surface area contributed by atoms with Crippen LogP contribution in [0.4, 0.5) is 0 Å². The van der Waals surface area contributed by atoms with Crippen LogP contribution < -0.4 is 15.3 Å². The number of rotatable bonds is 8. The third-order valence-electron chi connectivity index (χ3n) is 4.55. The van der Waals surface area contributed by atoms with Crippen molar-refractivity contribution in [2.75, 3.05) is 13.2 Å². The van der Waals surface area contributed by atoms with Crippen LogP contribution in [0.3, 0.4) is 0 Å². The average molecular weight is 405 g/mol. The minimum atomic E-state index is -0.440. The van der Waals surface area contributed by atoms with Crippen molar-refractivity contribution in [1.82, 2.24) is 5.01 Å². The van der Waals surface area contributed by atoms with Gasteiger partial charge in [0.2, 0.25) is 0 Å². The third-order valence-corrected chi connectivity index (χ3v) is 4.55. The summed E-state index contributed by atoms with van der Waals surface area (Å²) in [6.45, 7) is 5.04. The Morgan fingerprint density at radius 3 is 2.36 bits per heavy atom. The van der Waals surface area contributed by atoms with Crippen LogP contribution in [-0.2, 0) is 12.8 Å². The molecule has 3 rings (SSSR count). The van der Waals surface area contributed by atoms with Crippen LogP contribution in [0.1, 0.15) is 52.1 Å². The fourth-order valence-corrected chi connectivity index (χ4v) is 3.32. The lowest BCUT2D eigenvalue weighted by Gasteiger charge is -2.12. The zero-order chi connectivity index (χ0) is 19.4. The number of carbonyl (C=O) groups is 2. The molecule has 0 fully saturated rings. The predicted octanol–water partition coefficient (Wildman–Crippen LogP) is 3.55. The summed E-state index contributed by atoms with van der Waals surface area (Å²) >= 11 is 0. The second-order valence-electron chi connectivity index (χ2n) is 6.32. The number of hydrogen-bond acceptors (Lipinski definition) is 5. The Bertz CT molecular complexity index is 869. The molecule has 0 aliphatic carbocycles. The summed E-state index contributed by atoms with van der Waals surface area (Å²) in [5.41, 5.74) is 2.82. The molecule has 0 unspecified atom stereocenters. The summed E-state index contributed by atoms with van der Waals surface area (Å²) in [7, 11) is 0. The lowest BCUT2D eigenvalue weighted by atomic mass is 9.97. The number of halogens is 1. The fraction of sp³-hybridized carbons (Fsp3) is 0.333. The Morgan fingerprint density at radius 1 is 0.929 bits per heavy atom. The zero-order valence-electron chi connectivity index (χ0n) is 16.1. The van der Waals surface area contributed by atoms with E-state index in [1.807, 2.05) is 38.1 Å². The van der Waals surface area contributed by atoms with Crippen molar-refractivity contribution in [3.05, 3.63) is 58.7 Å². The van der Waals surface area contributed by atoms with Gasteiger partial charge in [-0.05, 0) is 62.4 Å². The molecule has 0 bridgehead atoms. The molecule has 1 heterocycles. The number of aryl methyl sites for hydroxylation is 2. The largest absolute Gasteiger partial charge is 0.490 e. The first-order chi connectivity index (χ1) is 13.1. The van der Waals surface area contributed by atoms with Crippen LogP contribution in [0, 0.1) is 0 Å². The normalized spacial score (nSPS) is 12.6. The van der Waals surface area contributed by atoms with E-state index in [0.717, 1.165) is 35.5 Å². The SMILES string of the molecule is CCOc1ccc(CCCc2cccc3c2C(=O)N(N)C3=O)cc1OCC.Cl. The molecule has 1 aliphatic rings. The number of imide groups is 1. The van der Waals surface area contributed by atoms with Gasteiger partial charge in [0.15, 0.2) is 11.5 Å². The number of ether oxygens (including phenoxy) is 2. The summed E-state index contributed by atoms with van der Waals surface area (Å²) in [6.07, 6.45) is 2.35. The topological polar surface area (TPSA) is 81.9 Å². The maximum atomic E-state index is 12.2. The van der Waals surface area contributed by atoms with Gasteiger partial charge in [0.1, 0.15) is 0 Å². The summed E-state index contributed by atoms with van der Waals surface area (Å²) < 4.78 is 11.3. The first kappa shape index (κ1) is 21.7. The summed E-state index contributed by atoms with van der Waals surface area (Å²) in [5, 5.41) is 0.689. The molecule has 6 nitrogen and oxygen atoms in total. The van der Waals surface area contributed by atoms with E-state index in [-0.39, 0.29) is 12.4 Å². The standard InChI is InChI=1S/C21H24N2O4.ClH/c1-3-26-17-12-11-14(13-18(17)27-4-2)7-5-8-15-9-6-10-16-19(15)21(25)23(22)20(16)24;/h6,9-13H,3-5,7-8,22H2,1-2H3;1H. The van der Waals surface area contributed by atoms with Crippen LogP contribution in [0.25, 0.3) is 0 Å². The fourth-order valence-electron chi connectivity index (χ4n) is 3.32. The number of nitrogens with two attached hydrogens (primary N) is 1. The summed E-state index contributed by atoms with van der Waals surface area (Å²) in [6, 6.07) is 11.3. The molecule has 0 atom stereocenters. The van der Waals surface area contributed by atoms with Gasteiger partial charge in [-0.2, -0.15) is 0 Å². The number of amides is 2. The molecule has 0 spiro atoms. The van der Waals surface area contributed by atoms with Gasteiger partial charge in [0.25, 0.3) is 11.8 Å². The number of hydrazine groups is 1. The molecule has 0 saturated heterocycles. The molecule has 2 amide bonds. The van der Waals surface area contributed by atoms with Gasteiger partial charge in [0, 0.05) is 0 Å². The highest BCUT2D eigenvalue weighted by atomic mass is 35.5. The number of nitrogens with zero attached hydrogens (tertiary/aromatic N) is 1. The Kier molecular flexibility index (Phi) is 7.43. The van der Waals surface area contributed by atoms with Gasteiger partial charge in [-0.25, -0.2) is 10.9 Å². The lowest BCUT2D eigenvalue weighted by Crippen LogP contribution is -2.36. The van der Waals surface area contributed by atoms with Crippen LogP contribution in [0.5, 0.6) is 11.5 Å². The van der Waals surface area contributed by atoms with Crippen LogP contribution >= 0.6 is 12.4 Å². The van der Waals surface area contributed by atoms with Crippen LogP contribution in [0.15, 0.2) is 36.4 Å². The molecule has 28 heavy (non-hydrogen) atoms. The van der Waals surface area contributed by atoms with E-state index < -0.39 is 11.8 Å². The van der Waals surface area contributed by atoms with Crippen molar-refractivity contribution in [3.63, 3.8) is 0 Å². The van der Waals surface area contributed by atoms with Gasteiger partial charge < -0.3 is 9.47 Å². The minimum absolute atomic E-state index is 0. The van der Waals surface area contributed by atoms with Crippen LogP contribution in [-0.4, -0.2) is 30.0 Å². The van der Waals surface area contributed by atoms with Crippen molar-refractivity contribution >= 4 is 24.2 Å². The lowest BCUT2D eigenvalue weighted by molar-refractivity contribution is 0.0653. The van der Waals surface area contributed by atoms with Crippen molar-refractivity contribution < 1.29 is 19.1 Å². The molecule has 0 radical (unpaired) electrons.